The van der Waals surface area contributed by atoms with Crippen LogP contribution < -0.4 is 0 Å². The van der Waals surface area contributed by atoms with Gasteiger partial charge < -0.3 is 0 Å². The van der Waals surface area contributed by atoms with Gasteiger partial charge in [0, 0.05) is 15.6 Å². The molecule has 0 atom stereocenters. The monoisotopic (exact) mass is 387 g/mol. The predicted molar refractivity (Wildman–Crippen MR) is 92.2 cm³/mol. The first kappa shape index (κ1) is 16.6. The molecule has 0 saturated heterocycles. The zero-order chi connectivity index (χ0) is 17.3. The molecule has 1 aliphatic heterocycles. The molecule has 0 saturated carbocycles. The second kappa shape index (κ2) is 6.73. The van der Waals surface area contributed by atoms with Crippen molar-refractivity contribution in [2.75, 3.05) is 0 Å². The Morgan fingerprint density at radius 2 is 1.54 bits per heavy atom. The highest BCUT2D eigenvalue weighted by Crippen LogP contribution is 2.52. The molecule has 1 aromatic heterocycles. The van der Waals surface area contributed by atoms with Crippen molar-refractivity contribution in [3.05, 3.63) is 49.4 Å². The highest BCUT2D eigenvalue weighted by Gasteiger charge is 2.27. The summed E-state index contributed by atoms with van der Waals surface area (Å²) in [5.74, 6) is 0. The number of fused-ring (bicyclic) bond motifs is 1. The first-order valence-electron chi connectivity index (χ1n) is 6.25. The number of hydrogen-bond donors (Lipinski definition) is 0. The summed E-state index contributed by atoms with van der Waals surface area (Å²) in [4.78, 5) is 8.27. The molecular weight excluding hydrogens is 385 g/mol. The molecule has 0 unspecified atom stereocenters. The van der Waals surface area contributed by atoms with Gasteiger partial charge in [0.25, 0.3) is 0 Å². The lowest BCUT2D eigenvalue weighted by molar-refractivity contribution is 0.902. The van der Waals surface area contributed by atoms with Crippen LogP contribution in [0.5, 0.6) is 0 Å². The van der Waals surface area contributed by atoms with E-state index in [1.807, 2.05) is 12.1 Å². The van der Waals surface area contributed by atoms with Crippen LogP contribution in [0, 0.1) is 34.0 Å². The SMILES string of the molecule is N#CC(=C1Sc2nc(C#N)c(C#N)nc2S1)c1cc(Cl)ccc1Cl. The maximum absolute atomic E-state index is 9.55. The van der Waals surface area contributed by atoms with Crippen LogP contribution in [0.3, 0.4) is 0 Å². The molecule has 1 aliphatic rings. The Morgan fingerprint density at radius 3 is 2.04 bits per heavy atom. The Kier molecular flexibility index (Phi) is 4.66. The van der Waals surface area contributed by atoms with Gasteiger partial charge >= 0.3 is 0 Å². The van der Waals surface area contributed by atoms with Crippen LogP contribution in [0.25, 0.3) is 5.57 Å². The van der Waals surface area contributed by atoms with E-state index >= 15 is 0 Å². The number of benzene rings is 1. The van der Waals surface area contributed by atoms with Crippen molar-refractivity contribution in [1.82, 2.24) is 9.97 Å². The minimum atomic E-state index is -0.0371. The maximum atomic E-state index is 9.55. The van der Waals surface area contributed by atoms with Gasteiger partial charge in [0.15, 0.2) is 11.4 Å². The van der Waals surface area contributed by atoms with E-state index < -0.39 is 0 Å². The molecule has 114 valence electrons. The zero-order valence-electron chi connectivity index (χ0n) is 11.5. The van der Waals surface area contributed by atoms with Gasteiger partial charge in [-0.15, -0.1) is 0 Å². The van der Waals surface area contributed by atoms with Gasteiger partial charge in [-0.1, -0.05) is 46.7 Å². The fraction of sp³-hybridized carbons (Fsp3) is 0. The molecular formula is C15H3Cl2N5S2. The van der Waals surface area contributed by atoms with E-state index in [2.05, 4.69) is 16.0 Å². The Morgan fingerprint density at radius 1 is 0.958 bits per heavy atom. The zero-order valence-corrected chi connectivity index (χ0v) is 14.7. The first-order valence-corrected chi connectivity index (χ1v) is 8.64. The average molecular weight is 388 g/mol. The van der Waals surface area contributed by atoms with E-state index in [0.29, 0.717) is 35.5 Å². The first-order chi connectivity index (χ1) is 11.6. The molecule has 0 fully saturated rings. The normalized spacial score (nSPS) is 12.0. The van der Waals surface area contributed by atoms with Crippen LogP contribution >= 0.6 is 46.7 Å². The Bertz CT molecular complexity index is 983. The van der Waals surface area contributed by atoms with Gasteiger partial charge in [-0.3, -0.25) is 0 Å². The van der Waals surface area contributed by atoms with E-state index in [9.17, 15) is 5.26 Å². The van der Waals surface area contributed by atoms with Crippen LogP contribution in [-0.4, -0.2) is 9.97 Å². The molecule has 0 spiro atoms. The number of nitrogens with zero attached hydrogens (tertiary/aromatic N) is 5. The van der Waals surface area contributed by atoms with Gasteiger partial charge in [0.1, 0.15) is 28.3 Å². The summed E-state index contributed by atoms with van der Waals surface area (Å²) in [7, 11) is 0. The lowest BCUT2D eigenvalue weighted by Crippen LogP contribution is -1.96. The van der Waals surface area contributed by atoms with Crippen molar-refractivity contribution in [2.45, 2.75) is 10.1 Å². The molecule has 9 heteroatoms. The van der Waals surface area contributed by atoms with Crippen molar-refractivity contribution in [3.8, 4) is 18.2 Å². The molecule has 2 aromatic rings. The van der Waals surface area contributed by atoms with E-state index in [0.717, 1.165) is 0 Å². The quantitative estimate of drug-likeness (QED) is 0.658. The molecule has 0 radical (unpaired) electrons. The van der Waals surface area contributed by atoms with E-state index in [1.165, 1.54) is 23.5 Å². The van der Waals surface area contributed by atoms with Crippen molar-refractivity contribution >= 4 is 52.3 Å². The summed E-state index contributed by atoms with van der Waals surface area (Å²) >= 11 is 14.6. The second-order valence-corrected chi connectivity index (χ2v) is 7.46. The number of thioether (sulfide) groups is 2. The summed E-state index contributed by atoms with van der Waals surface area (Å²) in [6.45, 7) is 0. The van der Waals surface area contributed by atoms with E-state index in [4.69, 9.17) is 33.7 Å². The summed E-state index contributed by atoms with van der Waals surface area (Å²) in [6.07, 6.45) is 0. The molecule has 0 N–H and O–H groups in total. The topological polar surface area (TPSA) is 97.1 Å². The number of aromatic nitrogens is 2. The molecule has 2 heterocycles. The standard InChI is InChI=1S/C15H3Cl2N5S2/c16-7-1-2-10(17)8(3-7)9(4-18)15-23-13-14(24-15)22-12(6-20)11(5-19)21-13/h1-3H. The summed E-state index contributed by atoms with van der Waals surface area (Å²) in [6, 6.07) is 10.7. The Hall–Kier alpha value is -2.21. The van der Waals surface area contributed by atoms with Crippen LogP contribution in [-0.2, 0) is 0 Å². The molecule has 0 amide bonds. The van der Waals surface area contributed by atoms with Gasteiger partial charge in [0.2, 0.25) is 0 Å². The Labute approximate surface area is 155 Å². The third-order valence-electron chi connectivity index (χ3n) is 2.94. The summed E-state index contributed by atoms with van der Waals surface area (Å²) in [5, 5.41) is 29.4. The van der Waals surface area contributed by atoms with Gasteiger partial charge in [-0.05, 0) is 18.2 Å². The highest BCUT2D eigenvalue weighted by atomic mass is 35.5. The van der Waals surface area contributed by atoms with Crippen LogP contribution in [0.15, 0.2) is 32.5 Å². The summed E-state index contributed by atoms with van der Waals surface area (Å²) < 4.78 is 0.621. The molecule has 1 aromatic carbocycles. The predicted octanol–water partition coefficient (Wildman–Crippen LogP) is 4.62. The number of halogens is 2. The highest BCUT2D eigenvalue weighted by molar-refractivity contribution is 8.24. The van der Waals surface area contributed by atoms with Gasteiger partial charge in [-0.2, -0.15) is 15.8 Å². The average Bonchev–Trinajstić information content (AvgIpc) is 2.99. The Balaban J connectivity index is 2.12. The van der Waals surface area contributed by atoms with Crippen LogP contribution in [0.2, 0.25) is 10.0 Å². The van der Waals surface area contributed by atoms with E-state index in [1.54, 1.807) is 18.2 Å². The third kappa shape index (κ3) is 2.94. The van der Waals surface area contributed by atoms with Crippen molar-refractivity contribution in [1.29, 1.82) is 15.8 Å². The maximum Gasteiger partial charge on any atom is 0.178 e. The number of rotatable bonds is 1. The van der Waals surface area contributed by atoms with Crippen LogP contribution in [0.4, 0.5) is 0 Å². The number of hydrogen-bond acceptors (Lipinski definition) is 7. The lowest BCUT2D eigenvalue weighted by Gasteiger charge is -2.05. The molecule has 0 aliphatic carbocycles. The number of nitriles is 3. The largest absolute Gasteiger partial charge is 0.224 e. The minimum absolute atomic E-state index is 0.0371. The van der Waals surface area contributed by atoms with Gasteiger partial charge in [0.05, 0.1) is 9.81 Å². The van der Waals surface area contributed by atoms with E-state index in [-0.39, 0.29) is 11.4 Å². The molecule has 3 rings (SSSR count). The van der Waals surface area contributed by atoms with Crippen molar-refractivity contribution < 1.29 is 0 Å². The minimum Gasteiger partial charge on any atom is -0.224 e. The smallest absolute Gasteiger partial charge is 0.178 e. The molecule has 0 bridgehead atoms. The van der Waals surface area contributed by atoms with Gasteiger partial charge in [-0.25, -0.2) is 9.97 Å². The summed E-state index contributed by atoms with van der Waals surface area (Å²) in [5.41, 5.74) is 0.777. The lowest BCUT2D eigenvalue weighted by atomic mass is 10.1. The second-order valence-electron chi connectivity index (χ2n) is 4.36. The third-order valence-corrected chi connectivity index (χ3v) is 5.87. The number of allylic oxidation sites excluding steroid dienone is 1. The van der Waals surface area contributed by atoms with Crippen molar-refractivity contribution in [3.63, 3.8) is 0 Å². The van der Waals surface area contributed by atoms with Crippen LogP contribution in [0.1, 0.15) is 17.0 Å². The van der Waals surface area contributed by atoms with Crippen molar-refractivity contribution in [2.24, 2.45) is 0 Å². The fourth-order valence-corrected chi connectivity index (χ4v) is 4.58. The molecule has 24 heavy (non-hydrogen) atoms. The fourth-order valence-electron chi connectivity index (χ4n) is 1.90. The molecule has 5 nitrogen and oxygen atoms in total.